The molecule has 3 saturated carbocycles. The van der Waals surface area contributed by atoms with E-state index in [2.05, 4.69) is 13.8 Å². The van der Waals surface area contributed by atoms with E-state index in [9.17, 15) is 24.0 Å². The molecule has 0 aromatic rings. The maximum atomic E-state index is 13.0. The second kappa shape index (κ2) is 8.93. The van der Waals surface area contributed by atoms with Crippen molar-refractivity contribution in [3.05, 3.63) is 11.6 Å². The molecule has 0 aliphatic heterocycles. The molecule has 8 nitrogen and oxygen atoms in total. The number of aliphatic carboxylic acids is 1. The van der Waals surface area contributed by atoms with Crippen LogP contribution in [0.1, 0.15) is 72.1 Å². The first kappa shape index (κ1) is 24.6. The molecule has 1 N–H and O–H groups in total. The van der Waals surface area contributed by atoms with Gasteiger partial charge in [-0.1, -0.05) is 13.8 Å². The number of carbonyl (C=O) groups excluding carboxylic acids is 4. The van der Waals surface area contributed by atoms with Crippen LogP contribution in [0.3, 0.4) is 0 Å². The molecule has 4 aliphatic carbocycles. The summed E-state index contributed by atoms with van der Waals surface area (Å²) in [6.07, 6.45) is 5.37. The standard InChI is InChI=1S/C26H34O8/c1-14(27)33-13-21(29)19-5-4-17-16-11-22(34-24(32)12-23(30)31)20-10-15(28)6-8-26(20,3)18(16)7-9-25(17,19)2/h10,16-19,22H,4-9,11-13H2,1-3H3,(H,30,31)/t16-,17-,18-,19+,22+,25-,26+/m0/s1. The number of Topliss-reactive ketones (excluding diaryl/α,β-unsaturated/α-hetero) is 1. The van der Waals surface area contributed by atoms with Gasteiger partial charge >= 0.3 is 17.9 Å². The lowest BCUT2D eigenvalue weighted by Gasteiger charge is -2.59. The molecule has 0 saturated heterocycles. The van der Waals surface area contributed by atoms with Crippen molar-refractivity contribution in [2.45, 2.75) is 78.2 Å². The number of hydrogen-bond acceptors (Lipinski definition) is 7. The zero-order chi connectivity index (χ0) is 24.8. The molecule has 0 amide bonds. The molecule has 0 unspecified atom stereocenters. The van der Waals surface area contributed by atoms with Gasteiger partial charge in [0.05, 0.1) is 0 Å². The van der Waals surface area contributed by atoms with E-state index >= 15 is 0 Å². The summed E-state index contributed by atoms with van der Waals surface area (Å²) in [6.45, 7) is 5.42. The fourth-order valence-electron chi connectivity index (χ4n) is 7.82. The summed E-state index contributed by atoms with van der Waals surface area (Å²) in [7, 11) is 0. The Morgan fingerprint density at radius 1 is 1.09 bits per heavy atom. The summed E-state index contributed by atoms with van der Waals surface area (Å²) in [5.41, 5.74) is 0.301. The third-order valence-electron chi connectivity index (χ3n) is 9.33. The van der Waals surface area contributed by atoms with Crippen LogP contribution in [0.2, 0.25) is 0 Å². The van der Waals surface area contributed by atoms with Crippen LogP contribution in [0.4, 0.5) is 0 Å². The molecule has 4 aliphatic rings. The zero-order valence-corrected chi connectivity index (χ0v) is 20.1. The van der Waals surface area contributed by atoms with Crippen LogP contribution in [-0.4, -0.2) is 47.3 Å². The van der Waals surface area contributed by atoms with E-state index in [-0.39, 0.29) is 46.8 Å². The number of hydrogen-bond donors (Lipinski definition) is 1. The third kappa shape index (κ3) is 4.20. The van der Waals surface area contributed by atoms with Gasteiger partial charge in [0.1, 0.15) is 19.1 Å². The molecule has 34 heavy (non-hydrogen) atoms. The zero-order valence-electron chi connectivity index (χ0n) is 20.1. The summed E-state index contributed by atoms with van der Waals surface area (Å²) in [4.78, 5) is 59.8. The van der Waals surface area contributed by atoms with Gasteiger partial charge in [0.15, 0.2) is 11.6 Å². The van der Waals surface area contributed by atoms with Crippen LogP contribution in [0.25, 0.3) is 0 Å². The minimum absolute atomic E-state index is 0.0165. The number of esters is 2. The minimum atomic E-state index is -1.25. The van der Waals surface area contributed by atoms with Crippen molar-refractivity contribution in [3.63, 3.8) is 0 Å². The first-order valence-corrected chi connectivity index (χ1v) is 12.3. The summed E-state index contributed by atoms with van der Waals surface area (Å²) < 4.78 is 10.7. The first-order chi connectivity index (χ1) is 16.0. The van der Waals surface area contributed by atoms with Gasteiger partial charge in [-0.05, 0) is 78.8 Å². The van der Waals surface area contributed by atoms with E-state index in [1.807, 2.05) is 0 Å². The fraction of sp³-hybridized carbons (Fsp3) is 0.731. The quantitative estimate of drug-likeness (QED) is 0.459. The summed E-state index contributed by atoms with van der Waals surface area (Å²) >= 11 is 0. The Morgan fingerprint density at radius 2 is 1.82 bits per heavy atom. The summed E-state index contributed by atoms with van der Waals surface area (Å²) in [5, 5.41) is 9.01. The van der Waals surface area contributed by atoms with Crippen LogP contribution >= 0.6 is 0 Å². The molecule has 0 aromatic carbocycles. The lowest BCUT2D eigenvalue weighted by Crippen LogP contribution is -2.55. The average molecular weight is 475 g/mol. The van der Waals surface area contributed by atoms with Gasteiger partial charge < -0.3 is 14.6 Å². The monoisotopic (exact) mass is 474 g/mol. The number of carboxylic acid groups (broad SMARTS) is 1. The van der Waals surface area contributed by atoms with Crippen molar-refractivity contribution in [1.29, 1.82) is 0 Å². The topological polar surface area (TPSA) is 124 Å². The normalized spacial score (nSPS) is 38.6. The maximum Gasteiger partial charge on any atom is 0.317 e. The summed E-state index contributed by atoms with van der Waals surface area (Å²) in [5.74, 6) is -1.95. The maximum absolute atomic E-state index is 13.0. The molecule has 8 heteroatoms. The van der Waals surface area contributed by atoms with Gasteiger partial charge in [0.2, 0.25) is 0 Å². The van der Waals surface area contributed by atoms with Crippen LogP contribution in [0.5, 0.6) is 0 Å². The fourth-order valence-corrected chi connectivity index (χ4v) is 7.82. The van der Waals surface area contributed by atoms with E-state index in [1.54, 1.807) is 6.08 Å². The van der Waals surface area contributed by atoms with E-state index in [4.69, 9.17) is 14.6 Å². The average Bonchev–Trinajstić information content (AvgIpc) is 3.10. The van der Waals surface area contributed by atoms with Crippen molar-refractivity contribution < 1.29 is 38.6 Å². The Hall–Kier alpha value is -2.51. The van der Waals surface area contributed by atoms with E-state index in [0.717, 1.165) is 31.3 Å². The van der Waals surface area contributed by atoms with E-state index in [1.165, 1.54) is 6.92 Å². The minimum Gasteiger partial charge on any atom is -0.481 e. The van der Waals surface area contributed by atoms with E-state index in [0.29, 0.717) is 25.2 Å². The van der Waals surface area contributed by atoms with Crippen LogP contribution in [0, 0.1) is 34.5 Å². The van der Waals surface area contributed by atoms with E-state index < -0.39 is 30.4 Å². The highest BCUT2D eigenvalue weighted by Crippen LogP contribution is 2.67. The van der Waals surface area contributed by atoms with Crippen LogP contribution < -0.4 is 0 Å². The van der Waals surface area contributed by atoms with Crippen LogP contribution in [0.15, 0.2) is 11.6 Å². The highest BCUT2D eigenvalue weighted by molar-refractivity contribution is 5.92. The number of ether oxygens (including phenoxy) is 2. The lowest BCUT2D eigenvalue weighted by atomic mass is 9.46. The van der Waals surface area contributed by atoms with Gasteiger partial charge in [-0.3, -0.25) is 24.0 Å². The van der Waals surface area contributed by atoms with Gasteiger partial charge in [-0.2, -0.15) is 0 Å². The molecule has 0 spiro atoms. The van der Waals surface area contributed by atoms with Crippen molar-refractivity contribution in [2.24, 2.45) is 34.5 Å². The molecule has 0 aromatic heterocycles. The van der Waals surface area contributed by atoms with Crippen molar-refractivity contribution in [3.8, 4) is 0 Å². The predicted molar refractivity (Wildman–Crippen MR) is 119 cm³/mol. The Bertz CT molecular complexity index is 950. The van der Waals surface area contributed by atoms with Crippen molar-refractivity contribution in [2.75, 3.05) is 6.61 Å². The number of rotatable bonds is 6. The molecule has 0 radical (unpaired) electrons. The smallest absolute Gasteiger partial charge is 0.317 e. The molecule has 186 valence electrons. The number of carboxylic acids is 1. The largest absolute Gasteiger partial charge is 0.481 e. The third-order valence-corrected chi connectivity index (χ3v) is 9.33. The Labute approximate surface area is 199 Å². The molecular weight excluding hydrogens is 440 g/mol. The molecule has 3 fully saturated rings. The SMILES string of the molecule is CC(=O)OCC(=O)[C@H]1CC[C@H]2[C@@H]3C[C@@H](OC(=O)CC(=O)O)C4=CC(=O)CC[C@]4(C)[C@H]3CC[C@]12C. The molecule has 0 bridgehead atoms. The second-order valence-electron chi connectivity index (χ2n) is 11.1. The molecule has 4 rings (SSSR count). The lowest BCUT2D eigenvalue weighted by molar-refractivity contribution is -0.160. The Morgan fingerprint density at radius 3 is 2.50 bits per heavy atom. The summed E-state index contributed by atoms with van der Waals surface area (Å²) in [6, 6.07) is 0. The Balaban J connectivity index is 1.62. The number of fused-ring (bicyclic) bond motifs is 5. The molecule has 0 heterocycles. The molecule has 7 atom stereocenters. The van der Waals surface area contributed by atoms with Gasteiger partial charge in [0.25, 0.3) is 0 Å². The first-order valence-electron chi connectivity index (χ1n) is 12.3. The van der Waals surface area contributed by atoms with Crippen LogP contribution in [-0.2, 0) is 33.4 Å². The van der Waals surface area contributed by atoms with Gasteiger partial charge in [-0.25, -0.2) is 0 Å². The second-order valence-corrected chi connectivity index (χ2v) is 11.1. The van der Waals surface area contributed by atoms with Crippen molar-refractivity contribution in [1.82, 2.24) is 0 Å². The van der Waals surface area contributed by atoms with Gasteiger partial charge in [0, 0.05) is 19.3 Å². The van der Waals surface area contributed by atoms with Crippen molar-refractivity contribution >= 4 is 29.5 Å². The van der Waals surface area contributed by atoms with Gasteiger partial charge in [-0.15, -0.1) is 0 Å². The number of carbonyl (C=O) groups is 5. The highest BCUT2D eigenvalue weighted by atomic mass is 16.5. The predicted octanol–water partition coefficient (Wildman–Crippen LogP) is 3.26. The number of ketones is 2. The molecular formula is C26H34O8. The highest BCUT2D eigenvalue weighted by Gasteiger charge is 2.62. The Kier molecular flexibility index (Phi) is 6.46.